The van der Waals surface area contributed by atoms with E-state index in [1.807, 2.05) is 6.07 Å². The fraction of sp³-hybridized carbons (Fsp3) is 0.684. The lowest BCUT2D eigenvalue weighted by Gasteiger charge is -2.50. The van der Waals surface area contributed by atoms with Crippen molar-refractivity contribution in [3.63, 3.8) is 0 Å². The summed E-state index contributed by atoms with van der Waals surface area (Å²) >= 11 is 1.70. The molecular weight excluding hydrogens is 334 g/mol. The van der Waals surface area contributed by atoms with Crippen LogP contribution in [0.2, 0.25) is 0 Å². The second-order valence-electron chi connectivity index (χ2n) is 8.57. The number of nitrogens with zero attached hydrogens (tertiary/aromatic N) is 3. The molecule has 0 aliphatic carbocycles. The molecule has 0 aromatic carbocycles. The normalized spacial score (nSPS) is 27.1. The maximum Gasteiger partial charge on any atom is 0.150 e. The first kappa shape index (κ1) is 17.2. The lowest BCUT2D eigenvalue weighted by atomic mass is 9.76. The number of fused-ring (bicyclic) bond motifs is 1. The summed E-state index contributed by atoms with van der Waals surface area (Å²) in [4.78, 5) is 11.2. The first-order valence-corrected chi connectivity index (χ1v) is 10.0. The first-order chi connectivity index (χ1) is 11.9. The van der Waals surface area contributed by atoms with Crippen LogP contribution < -0.4 is 4.90 Å². The van der Waals surface area contributed by atoms with Gasteiger partial charge in [-0.15, -0.1) is 11.3 Å². The van der Waals surface area contributed by atoms with Crippen LogP contribution in [-0.2, 0) is 4.74 Å². The minimum atomic E-state index is -0.257. The quantitative estimate of drug-likeness (QED) is 0.841. The van der Waals surface area contributed by atoms with Gasteiger partial charge in [-0.05, 0) is 29.7 Å². The molecule has 2 aliphatic rings. The molecule has 1 N–H and O–H groups in total. The number of piperidine rings is 1. The largest absolute Gasteiger partial charge is 0.393 e. The van der Waals surface area contributed by atoms with Gasteiger partial charge in [0.15, 0.2) is 0 Å². The van der Waals surface area contributed by atoms with Gasteiger partial charge in [0, 0.05) is 25.9 Å². The molecule has 2 aromatic heterocycles. The number of hydrogen-bond acceptors (Lipinski definition) is 6. The molecule has 25 heavy (non-hydrogen) atoms. The molecule has 5 nitrogen and oxygen atoms in total. The van der Waals surface area contributed by atoms with E-state index < -0.39 is 0 Å². The van der Waals surface area contributed by atoms with Gasteiger partial charge < -0.3 is 14.7 Å². The Morgan fingerprint density at radius 2 is 2.04 bits per heavy atom. The van der Waals surface area contributed by atoms with E-state index in [1.54, 1.807) is 17.7 Å². The summed E-state index contributed by atoms with van der Waals surface area (Å²) in [6, 6.07) is 2.05. The number of anilines is 1. The Balaban J connectivity index is 1.52. The number of aliphatic hydroxyl groups is 1. The Hall–Kier alpha value is -1.24. The van der Waals surface area contributed by atoms with Gasteiger partial charge in [-0.1, -0.05) is 20.8 Å². The van der Waals surface area contributed by atoms with Crippen molar-refractivity contribution in [2.45, 2.75) is 64.3 Å². The third-order valence-electron chi connectivity index (χ3n) is 5.65. The zero-order valence-electron chi connectivity index (χ0n) is 15.2. The van der Waals surface area contributed by atoms with Crippen molar-refractivity contribution in [2.24, 2.45) is 5.41 Å². The fourth-order valence-corrected chi connectivity index (χ4v) is 5.00. The highest BCUT2D eigenvalue weighted by Crippen LogP contribution is 2.43. The molecule has 1 spiro atoms. The van der Waals surface area contributed by atoms with Gasteiger partial charge in [-0.25, -0.2) is 9.97 Å². The van der Waals surface area contributed by atoms with E-state index in [-0.39, 0.29) is 23.2 Å². The third-order valence-corrected chi connectivity index (χ3v) is 6.55. The maximum absolute atomic E-state index is 10.4. The molecule has 0 saturated carbocycles. The highest BCUT2D eigenvalue weighted by Gasteiger charge is 2.46. The Bertz CT molecular complexity index is 746. The highest BCUT2D eigenvalue weighted by molar-refractivity contribution is 7.17. The molecule has 2 saturated heterocycles. The molecular formula is C19H27N3O2S. The predicted molar refractivity (Wildman–Crippen MR) is 101 cm³/mol. The molecule has 2 aromatic rings. The van der Waals surface area contributed by atoms with Crippen LogP contribution in [0.4, 0.5) is 5.82 Å². The van der Waals surface area contributed by atoms with Gasteiger partial charge >= 0.3 is 0 Å². The number of thiophene rings is 1. The van der Waals surface area contributed by atoms with Crippen molar-refractivity contribution in [1.82, 2.24) is 9.97 Å². The molecule has 2 aliphatic heterocycles. The molecule has 136 valence electrons. The molecule has 2 atom stereocenters. The summed E-state index contributed by atoms with van der Waals surface area (Å²) in [5.41, 5.74) is 0.891. The lowest BCUT2D eigenvalue weighted by Crippen LogP contribution is -2.55. The zero-order chi connectivity index (χ0) is 17.7. The zero-order valence-corrected chi connectivity index (χ0v) is 16.1. The molecule has 2 fully saturated rings. The monoisotopic (exact) mass is 361 g/mol. The minimum Gasteiger partial charge on any atom is -0.393 e. The summed E-state index contributed by atoms with van der Waals surface area (Å²) in [7, 11) is 0. The summed E-state index contributed by atoms with van der Waals surface area (Å²) in [5, 5.41) is 12.5. The lowest BCUT2D eigenvalue weighted by molar-refractivity contribution is -0.199. The summed E-state index contributed by atoms with van der Waals surface area (Å²) in [5.74, 6) is 1.04. The second-order valence-corrected chi connectivity index (χ2v) is 9.48. The molecule has 0 bridgehead atoms. The number of ether oxygens (including phenoxy) is 1. The topological polar surface area (TPSA) is 58.5 Å². The van der Waals surface area contributed by atoms with E-state index in [0.29, 0.717) is 0 Å². The Morgan fingerprint density at radius 1 is 1.28 bits per heavy atom. The van der Waals surface area contributed by atoms with Crippen LogP contribution in [-0.4, -0.2) is 46.0 Å². The summed E-state index contributed by atoms with van der Waals surface area (Å²) in [6.45, 7) is 8.42. The Morgan fingerprint density at radius 3 is 2.76 bits per heavy atom. The fourth-order valence-electron chi connectivity index (χ4n) is 4.14. The van der Waals surface area contributed by atoms with E-state index in [9.17, 15) is 5.11 Å². The van der Waals surface area contributed by atoms with Gasteiger partial charge in [0.1, 0.15) is 12.1 Å². The van der Waals surface area contributed by atoms with E-state index >= 15 is 0 Å². The Kier molecular flexibility index (Phi) is 4.25. The molecule has 4 heterocycles. The van der Waals surface area contributed by atoms with E-state index in [4.69, 9.17) is 4.74 Å². The third kappa shape index (κ3) is 3.27. The van der Waals surface area contributed by atoms with Crippen LogP contribution in [0.25, 0.3) is 10.2 Å². The second kappa shape index (κ2) is 6.18. The molecule has 0 unspecified atom stereocenters. The molecule has 0 amide bonds. The van der Waals surface area contributed by atoms with Crippen LogP contribution in [0.5, 0.6) is 0 Å². The van der Waals surface area contributed by atoms with Crippen LogP contribution in [0, 0.1) is 5.41 Å². The number of aromatic nitrogens is 2. The number of aliphatic hydroxyl groups excluding tert-OH is 1. The summed E-state index contributed by atoms with van der Waals surface area (Å²) < 4.78 is 7.75. The van der Waals surface area contributed by atoms with Crippen LogP contribution in [0.1, 0.15) is 46.5 Å². The first-order valence-electron chi connectivity index (χ1n) is 9.15. The average Bonchev–Trinajstić information content (AvgIpc) is 3.03. The van der Waals surface area contributed by atoms with Gasteiger partial charge in [0.25, 0.3) is 0 Å². The van der Waals surface area contributed by atoms with E-state index in [2.05, 4.69) is 41.0 Å². The number of hydrogen-bond donors (Lipinski definition) is 1. The predicted octanol–water partition coefficient (Wildman–Crippen LogP) is 3.62. The van der Waals surface area contributed by atoms with Crippen LogP contribution in [0.15, 0.2) is 17.8 Å². The van der Waals surface area contributed by atoms with Crippen molar-refractivity contribution in [3.8, 4) is 0 Å². The average molecular weight is 362 g/mol. The van der Waals surface area contributed by atoms with Gasteiger partial charge in [0.2, 0.25) is 0 Å². The number of rotatable bonds is 1. The molecule has 4 rings (SSSR count). The van der Waals surface area contributed by atoms with E-state index in [1.165, 1.54) is 0 Å². The molecule has 0 radical (unpaired) electrons. The molecule has 6 heteroatoms. The Labute approximate surface area is 153 Å². The van der Waals surface area contributed by atoms with Gasteiger partial charge in [-0.2, -0.15) is 0 Å². The van der Waals surface area contributed by atoms with Crippen molar-refractivity contribution < 1.29 is 9.84 Å². The van der Waals surface area contributed by atoms with Gasteiger partial charge in [0.05, 0.1) is 28.0 Å². The maximum atomic E-state index is 10.4. The van der Waals surface area contributed by atoms with Crippen molar-refractivity contribution in [3.05, 3.63) is 17.8 Å². The smallest absolute Gasteiger partial charge is 0.150 e. The van der Waals surface area contributed by atoms with E-state index in [0.717, 1.165) is 54.8 Å². The van der Waals surface area contributed by atoms with Crippen molar-refractivity contribution in [1.29, 1.82) is 0 Å². The minimum absolute atomic E-state index is 0.0569. The SMILES string of the molecule is CC(C)(C)[C@H]1C[C@@H](O)CC2(CCN(c3ncnc4ccsc34)CC2)O1. The standard InChI is InChI=1S/C19H27N3O2S/c1-18(2,3)15-10-13(23)11-19(24-15)5-7-22(8-6-19)17-16-14(4-9-25-16)20-12-21-17/h4,9,12-13,15,23H,5-8,10-11H2,1-3H3/t13-,15-/m1/s1. The van der Waals surface area contributed by atoms with Crippen molar-refractivity contribution in [2.75, 3.05) is 18.0 Å². The van der Waals surface area contributed by atoms with Crippen LogP contribution >= 0.6 is 11.3 Å². The van der Waals surface area contributed by atoms with Crippen LogP contribution in [0.3, 0.4) is 0 Å². The van der Waals surface area contributed by atoms with Gasteiger partial charge in [-0.3, -0.25) is 0 Å². The van der Waals surface area contributed by atoms with Crippen molar-refractivity contribution >= 4 is 27.4 Å². The highest BCUT2D eigenvalue weighted by atomic mass is 32.1. The summed E-state index contributed by atoms with van der Waals surface area (Å²) in [6.07, 6.45) is 4.90.